The Balaban J connectivity index is 3.04. The van der Waals surface area contributed by atoms with E-state index in [9.17, 15) is 18.0 Å². The highest BCUT2D eigenvalue weighted by molar-refractivity contribution is 5.91. The zero-order valence-corrected chi connectivity index (χ0v) is 9.91. The first-order valence-corrected chi connectivity index (χ1v) is 5.27. The van der Waals surface area contributed by atoms with E-state index in [2.05, 4.69) is 4.74 Å². The van der Waals surface area contributed by atoms with Crippen LogP contribution in [0.25, 0.3) is 0 Å². The molecular weight excluding hydrogens is 249 g/mol. The molecule has 0 aliphatic carbocycles. The van der Waals surface area contributed by atoms with Gasteiger partial charge in [0.25, 0.3) is 0 Å². The van der Waals surface area contributed by atoms with Gasteiger partial charge < -0.3 is 9.84 Å². The fourth-order valence-corrected chi connectivity index (χ4v) is 1.35. The van der Waals surface area contributed by atoms with Crippen molar-refractivity contribution in [1.82, 2.24) is 0 Å². The molecule has 0 saturated heterocycles. The van der Waals surface area contributed by atoms with E-state index in [-0.39, 0.29) is 17.2 Å². The third-order valence-corrected chi connectivity index (χ3v) is 2.29. The maximum absolute atomic E-state index is 12.1. The molecule has 1 rings (SSSR count). The Morgan fingerprint density at radius 1 is 1.39 bits per heavy atom. The minimum Gasteiger partial charge on any atom is -0.483 e. The summed E-state index contributed by atoms with van der Waals surface area (Å²) in [5.41, 5.74) is 0.445. The van der Waals surface area contributed by atoms with Crippen molar-refractivity contribution in [3.05, 3.63) is 29.3 Å². The molecule has 3 nitrogen and oxygen atoms in total. The van der Waals surface area contributed by atoms with E-state index < -0.39 is 18.8 Å². The lowest BCUT2D eigenvalue weighted by Gasteiger charge is -2.14. The van der Waals surface area contributed by atoms with Gasteiger partial charge in [-0.05, 0) is 23.6 Å². The number of hydrogen-bond donors (Lipinski definition) is 1. The van der Waals surface area contributed by atoms with E-state index in [1.165, 1.54) is 12.1 Å². The number of carbonyl (C=O) groups is 1. The summed E-state index contributed by atoms with van der Waals surface area (Å²) in [6, 6.07) is 4.15. The minimum atomic E-state index is -4.50. The molecular formula is C12H13F3O3. The van der Waals surface area contributed by atoms with Gasteiger partial charge in [0.05, 0.1) is 0 Å². The molecule has 1 aromatic carbocycles. The van der Waals surface area contributed by atoms with Crippen LogP contribution in [0.1, 0.15) is 35.7 Å². The van der Waals surface area contributed by atoms with Crippen LogP contribution in [-0.4, -0.2) is 23.9 Å². The van der Waals surface area contributed by atoms with Crippen molar-refractivity contribution >= 4 is 5.97 Å². The molecule has 0 aliphatic rings. The highest BCUT2D eigenvalue weighted by atomic mass is 19.4. The largest absolute Gasteiger partial charge is 0.483 e. The summed E-state index contributed by atoms with van der Waals surface area (Å²) in [4.78, 5) is 10.9. The molecule has 18 heavy (non-hydrogen) atoms. The molecule has 0 amide bonds. The molecule has 0 radical (unpaired) electrons. The smallest absolute Gasteiger partial charge is 0.422 e. The lowest BCUT2D eigenvalue weighted by Crippen LogP contribution is -2.20. The summed E-state index contributed by atoms with van der Waals surface area (Å²) in [6.45, 7) is 2.20. The van der Waals surface area contributed by atoms with Gasteiger partial charge in [-0.1, -0.05) is 19.9 Å². The predicted molar refractivity (Wildman–Crippen MR) is 59.0 cm³/mol. The number of carboxylic acid groups (broad SMARTS) is 1. The van der Waals surface area contributed by atoms with E-state index in [0.717, 1.165) is 5.56 Å². The van der Waals surface area contributed by atoms with Crippen molar-refractivity contribution in [1.29, 1.82) is 0 Å². The van der Waals surface area contributed by atoms with Gasteiger partial charge in [0.2, 0.25) is 0 Å². The molecule has 0 atom stereocenters. The Labute approximate surface area is 102 Å². The SMILES string of the molecule is CC(C)c1ccc(C(=O)O)c(OCC(F)(F)F)c1. The summed E-state index contributed by atoms with van der Waals surface area (Å²) in [5.74, 6) is -1.51. The third kappa shape index (κ3) is 3.94. The molecule has 0 heterocycles. The highest BCUT2D eigenvalue weighted by Crippen LogP contribution is 2.26. The van der Waals surface area contributed by atoms with Crippen LogP contribution in [0.5, 0.6) is 5.75 Å². The first kappa shape index (κ1) is 14.3. The molecule has 100 valence electrons. The molecule has 1 aromatic rings. The molecule has 0 aromatic heterocycles. The highest BCUT2D eigenvalue weighted by Gasteiger charge is 2.29. The van der Waals surface area contributed by atoms with E-state index >= 15 is 0 Å². The number of aromatic carboxylic acids is 1. The number of carboxylic acids is 1. The Bertz CT molecular complexity index is 439. The van der Waals surface area contributed by atoms with Gasteiger partial charge in [0, 0.05) is 0 Å². The van der Waals surface area contributed by atoms with E-state index in [0.29, 0.717) is 0 Å². The molecule has 0 spiro atoms. The van der Waals surface area contributed by atoms with Crippen LogP contribution in [-0.2, 0) is 0 Å². The summed E-state index contributed by atoms with van der Waals surface area (Å²) in [6.07, 6.45) is -4.50. The number of benzene rings is 1. The Morgan fingerprint density at radius 2 is 2.00 bits per heavy atom. The molecule has 0 fully saturated rings. The topological polar surface area (TPSA) is 46.5 Å². The third-order valence-electron chi connectivity index (χ3n) is 2.29. The van der Waals surface area contributed by atoms with Crippen molar-refractivity contribution in [2.45, 2.75) is 25.9 Å². The van der Waals surface area contributed by atoms with Crippen LogP contribution in [0.2, 0.25) is 0 Å². The van der Waals surface area contributed by atoms with Gasteiger partial charge in [-0.25, -0.2) is 4.79 Å². The van der Waals surface area contributed by atoms with Crippen molar-refractivity contribution in [2.24, 2.45) is 0 Å². The standard InChI is InChI=1S/C12H13F3O3/c1-7(2)8-3-4-9(11(16)17)10(5-8)18-6-12(13,14)15/h3-5,7H,6H2,1-2H3,(H,16,17). The number of hydrogen-bond acceptors (Lipinski definition) is 2. The fraction of sp³-hybridized carbons (Fsp3) is 0.417. The maximum Gasteiger partial charge on any atom is 0.422 e. The molecule has 1 N–H and O–H groups in total. The van der Waals surface area contributed by atoms with Crippen LogP contribution >= 0.6 is 0 Å². The fourth-order valence-electron chi connectivity index (χ4n) is 1.35. The molecule has 0 aliphatic heterocycles. The number of ether oxygens (including phenoxy) is 1. The van der Waals surface area contributed by atoms with Gasteiger partial charge >= 0.3 is 12.1 Å². The second kappa shape index (κ2) is 5.29. The summed E-state index contributed by atoms with van der Waals surface area (Å²) >= 11 is 0. The summed E-state index contributed by atoms with van der Waals surface area (Å²) < 4.78 is 40.7. The first-order chi connectivity index (χ1) is 8.20. The minimum absolute atomic E-state index is 0.0704. The average Bonchev–Trinajstić information content (AvgIpc) is 2.24. The lowest BCUT2D eigenvalue weighted by molar-refractivity contribution is -0.153. The monoisotopic (exact) mass is 262 g/mol. The maximum atomic E-state index is 12.1. The Morgan fingerprint density at radius 3 is 2.44 bits per heavy atom. The normalized spacial score (nSPS) is 11.7. The van der Waals surface area contributed by atoms with Crippen LogP contribution in [0.4, 0.5) is 13.2 Å². The molecule has 6 heteroatoms. The number of halogens is 3. The summed E-state index contributed by atoms with van der Waals surface area (Å²) in [7, 11) is 0. The number of alkyl halides is 3. The zero-order valence-electron chi connectivity index (χ0n) is 9.91. The average molecular weight is 262 g/mol. The Hall–Kier alpha value is -1.72. The first-order valence-electron chi connectivity index (χ1n) is 5.27. The summed E-state index contributed by atoms with van der Waals surface area (Å²) in [5, 5.41) is 8.86. The van der Waals surface area contributed by atoms with Crippen molar-refractivity contribution in [2.75, 3.05) is 6.61 Å². The second-order valence-corrected chi connectivity index (χ2v) is 4.12. The van der Waals surface area contributed by atoms with E-state index in [1.54, 1.807) is 6.07 Å². The lowest BCUT2D eigenvalue weighted by atomic mass is 10.0. The van der Waals surface area contributed by atoms with Gasteiger partial charge in [0.1, 0.15) is 11.3 Å². The Kier molecular flexibility index (Phi) is 4.21. The second-order valence-electron chi connectivity index (χ2n) is 4.12. The molecule has 0 bridgehead atoms. The van der Waals surface area contributed by atoms with Crippen LogP contribution < -0.4 is 4.74 Å². The quantitative estimate of drug-likeness (QED) is 0.904. The molecule has 0 saturated carbocycles. The van der Waals surface area contributed by atoms with Crippen molar-refractivity contribution in [3.8, 4) is 5.75 Å². The van der Waals surface area contributed by atoms with Gasteiger partial charge in [-0.2, -0.15) is 13.2 Å². The van der Waals surface area contributed by atoms with Crippen LogP contribution in [0, 0.1) is 0 Å². The number of rotatable bonds is 4. The van der Waals surface area contributed by atoms with Crippen molar-refractivity contribution in [3.63, 3.8) is 0 Å². The van der Waals surface area contributed by atoms with Gasteiger partial charge in [0.15, 0.2) is 6.61 Å². The van der Waals surface area contributed by atoms with Gasteiger partial charge in [-0.3, -0.25) is 0 Å². The predicted octanol–water partition coefficient (Wildman–Crippen LogP) is 3.45. The van der Waals surface area contributed by atoms with Gasteiger partial charge in [-0.15, -0.1) is 0 Å². The zero-order chi connectivity index (χ0) is 13.9. The molecule has 0 unspecified atom stereocenters. The van der Waals surface area contributed by atoms with Crippen molar-refractivity contribution < 1.29 is 27.8 Å². The van der Waals surface area contributed by atoms with Crippen LogP contribution in [0.3, 0.4) is 0 Å². The van der Waals surface area contributed by atoms with E-state index in [4.69, 9.17) is 5.11 Å². The van der Waals surface area contributed by atoms with Crippen LogP contribution in [0.15, 0.2) is 18.2 Å². The van der Waals surface area contributed by atoms with E-state index in [1.807, 2.05) is 13.8 Å².